The number of nitrogens with zero attached hydrogens (tertiary/aromatic N) is 4. The van der Waals surface area contributed by atoms with E-state index >= 15 is 0 Å². The molecule has 2 aromatic heterocycles. The first-order valence-electron chi connectivity index (χ1n) is 10.8. The number of carbonyl (C=O) groups is 2. The maximum atomic E-state index is 12.7. The summed E-state index contributed by atoms with van der Waals surface area (Å²) in [6.07, 6.45) is 1.54. The van der Waals surface area contributed by atoms with E-state index in [1.54, 1.807) is 20.4 Å². The number of para-hydroxylation sites is 2. The number of benzene rings is 1. The molecule has 10 heteroatoms. The van der Waals surface area contributed by atoms with E-state index in [-0.39, 0.29) is 19.1 Å². The molecule has 0 bridgehead atoms. The van der Waals surface area contributed by atoms with Crippen LogP contribution in [0, 0.1) is 6.92 Å². The summed E-state index contributed by atoms with van der Waals surface area (Å²) in [7, 11) is 1.69. The Labute approximate surface area is 196 Å². The molecule has 1 amide bonds. The van der Waals surface area contributed by atoms with Crippen LogP contribution in [0.5, 0.6) is 5.75 Å². The van der Waals surface area contributed by atoms with E-state index in [0.717, 1.165) is 59.2 Å². The number of nitrogens with one attached hydrogen (secondary N) is 1. The van der Waals surface area contributed by atoms with Crippen LogP contribution in [-0.2, 0) is 9.53 Å². The molecular formula is C23H27N5O4S. The largest absolute Gasteiger partial charge is 0.495 e. The lowest BCUT2D eigenvalue weighted by molar-refractivity contribution is -0.141. The van der Waals surface area contributed by atoms with E-state index in [2.05, 4.69) is 31.2 Å². The van der Waals surface area contributed by atoms with Crippen LogP contribution >= 0.6 is 11.3 Å². The quantitative estimate of drug-likeness (QED) is 0.528. The van der Waals surface area contributed by atoms with Crippen LogP contribution in [0.3, 0.4) is 0 Å². The standard InChI is InChI=1S/C23H27N5O4S/c1-4-32-18(29)13-24-22(30)20-15(2)19-21(25-14-26-23(19)33-20)28-11-9-27(10-12-28)16-7-5-6-8-17(16)31-3/h5-8,14H,4,9-13H2,1-3H3,(H,24,30). The first-order valence-corrected chi connectivity index (χ1v) is 11.7. The van der Waals surface area contributed by atoms with Gasteiger partial charge >= 0.3 is 5.97 Å². The number of esters is 1. The predicted molar refractivity (Wildman–Crippen MR) is 129 cm³/mol. The number of anilines is 2. The average molecular weight is 470 g/mol. The van der Waals surface area contributed by atoms with Crippen molar-refractivity contribution in [3.8, 4) is 5.75 Å². The molecule has 0 unspecified atom stereocenters. The Balaban J connectivity index is 1.52. The number of piperazine rings is 1. The van der Waals surface area contributed by atoms with Crippen molar-refractivity contribution in [2.24, 2.45) is 0 Å². The Kier molecular flexibility index (Phi) is 6.93. The van der Waals surface area contributed by atoms with Crippen molar-refractivity contribution in [3.05, 3.63) is 41.0 Å². The fourth-order valence-corrected chi connectivity index (χ4v) is 5.06. The van der Waals surface area contributed by atoms with E-state index < -0.39 is 5.97 Å². The monoisotopic (exact) mass is 469 g/mol. The van der Waals surface area contributed by atoms with Gasteiger partial charge in [0.25, 0.3) is 5.91 Å². The molecule has 1 aromatic carbocycles. The third kappa shape index (κ3) is 4.70. The van der Waals surface area contributed by atoms with Crippen LogP contribution in [0.4, 0.5) is 11.5 Å². The average Bonchev–Trinajstić information content (AvgIpc) is 3.19. The van der Waals surface area contributed by atoms with Crippen LogP contribution in [0.2, 0.25) is 0 Å². The van der Waals surface area contributed by atoms with Gasteiger partial charge in [-0.25, -0.2) is 9.97 Å². The highest BCUT2D eigenvalue weighted by molar-refractivity contribution is 7.20. The molecule has 0 spiro atoms. The molecule has 0 atom stereocenters. The molecule has 3 aromatic rings. The Morgan fingerprint density at radius 3 is 2.58 bits per heavy atom. The number of thiophene rings is 1. The number of rotatable bonds is 7. The van der Waals surface area contributed by atoms with Crippen LogP contribution in [0.25, 0.3) is 10.2 Å². The van der Waals surface area contributed by atoms with E-state index in [1.165, 1.54) is 11.3 Å². The molecule has 1 aliphatic heterocycles. The second kappa shape index (κ2) is 10.0. The number of hydrogen-bond donors (Lipinski definition) is 1. The molecule has 1 saturated heterocycles. The van der Waals surface area contributed by atoms with Gasteiger partial charge in [0.1, 0.15) is 29.3 Å². The summed E-state index contributed by atoms with van der Waals surface area (Å²) in [5.41, 5.74) is 1.90. The van der Waals surface area contributed by atoms with Gasteiger partial charge in [-0.15, -0.1) is 11.3 Å². The van der Waals surface area contributed by atoms with Gasteiger partial charge in [0.05, 0.1) is 29.7 Å². The first-order chi connectivity index (χ1) is 16.0. The zero-order valence-corrected chi connectivity index (χ0v) is 19.8. The van der Waals surface area contributed by atoms with E-state index in [4.69, 9.17) is 9.47 Å². The van der Waals surface area contributed by atoms with E-state index in [0.29, 0.717) is 4.88 Å². The van der Waals surface area contributed by atoms with E-state index in [1.807, 2.05) is 25.1 Å². The summed E-state index contributed by atoms with van der Waals surface area (Å²) in [6, 6.07) is 8.03. The number of amides is 1. The topological polar surface area (TPSA) is 96.9 Å². The fourth-order valence-electron chi connectivity index (χ4n) is 4.00. The Hall–Kier alpha value is -3.40. The first kappa shape index (κ1) is 22.8. The molecule has 0 aliphatic carbocycles. The number of carbonyl (C=O) groups excluding carboxylic acids is 2. The van der Waals surface area contributed by atoms with Crippen molar-refractivity contribution >= 4 is 44.9 Å². The molecule has 174 valence electrons. The van der Waals surface area contributed by atoms with Crippen LogP contribution in [-0.4, -0.2) is 68.3 Å². The Bertz CT molecular complexity index is 1160. The summed E-state index contributed by atoms with van der Waals surface area (Å²) in [4.78, 5) is 39.1. The third-order valence-electron chi connectivity index (χ3n) is 5.62. The van der Waals surface area contributed by atoms with Gasteiger partial charge in [0.2, 0.25) is 0 Å². The second-order valence-electron chi connectivity index (χ2n) is 7.57. The molecule has 1 aliphatic rings. The highest BCUT2D eigenvalue weighted by Crippen LogP contribution is 2.36. The molecule has 3 heterocycles. The van der Waals surface area contributed by atoms with Crippen molar-refractivity contribution in [1.29, 1.82) is 0 Å². The molecule has 0 radical (unpaired) electrons. The van der Waals surface area contributed by atoms with Gasteiger partial charge in [-0.1, -0.05) is 12.1 Å². The number of fused-ring (bicyclic) bond motifs is 1. The number of ether oxygens (including phenoxy) is 2. The van der Waals surface area contributed by atoms with Gasteiger partial charge < -0.3 is 24.6 Å². The van der Waals surface area contributed by atoms with Crippen LogP contribution < -0.4 is 19.9 Å². The molecule has 9 nitrogen and oxygen atoms in total. The van der Waals surface area contributed by atoms with Crippen molar-refractivity contribution in [2.45, 2.75) is 13.8 Å². The summed E-state index contributed by atoms with van der Waals surface area (Å²) in [5.74, 6) is 0.925. The van der Waals surface area contributed by atoms with Gasteiger partial charge in [-0.05, 0) is 31.5 Å². The maximum Gasteiger partial charge on any atom is 0.325 e. The molecule has 1 fully saturated rings. The fraction of sp³-hybridized carbons (Fsp3) is 0.391. The maximum absolute atomic E-state index is 12.7. The minimum atomic E-state index is -0.460. The highest BCUT2D eigenvalue weighted by Gasteiger charge is 2.25. The summed E-state index contributed by atoms with van der Waals surface area (Å²) in [6.45, 7) is 6.95. The predicted octanol–water partition coefficient (Wildman–Crippen LogP) is 2.63. The van der Waals surface area contributed by atoms with Crippen LogP contribution in [0.1, 0.15) is 22.2 Å². The SMILES string of the molecule is CCOC(=O)CNC(=O)c1sc2ncnc(N3CCN(c4ccccc4OC)CC3)c2c1C. The van der Waals surface area contributed by atoms with Gasteiger partial charge in [-0.3, -0.25) is 9.59 Å². The summed E-state index contributed by atoms with van der Waals surface area (Å²) < 4.78 is 10.4. The van der Waals surface area contributed by atoms with Crippen molar-refractivity contribution in [1.82, 2.24) is 15.3 Å². The van der Waals surface area contributed by atoms with E-state index in [9.17, 15) is 9.59 Å². The smallest absolute Gasteiger partial charge is 0.325 e. The highest BCUT2D eigenvalue weighted by atomic mass is 32.1. The number of aryl methyl sites for hydroxylation is 1. The third-order valence-corrected chi connectivity index (χ3v) is 6.82. The molecule has 0 saturated carbocycles. The normalized spacial score (nSPS) is 13.8. The number of aromatic nitrogens is 2. The summed E-state index contributed by atoms with van der Waals surface area (Å²) >= 11 is 1.31. The molecule has 1 N–H and O–H groups in total. The molecule has 33 heavy (non-hydrogen) atoms. The van der Waals surface area contributed by atoms with Gasteiger partial charge in [-0.2, -0.15) is 0 Å². The lowest BCUT2D eigenvalue weighted by Gasteiger charge is -2.37. The Morgan fingerprint density at radius 1 is 1.12 bits per heavy atom. The van der Waals surface area contributed by atoms with Gasteiger partial charge in [0.15, 0.2) is 0 Å². The summed E-state index contributed by atoms with van der Waals surface area (Å²) in [5, 5.41) is 3.52. The minimum absolute atomic E-state index is 0.163. The zero-order valence-electron chi connectivity index (χ0n) is 19.0. The second-order valence-corrected chi connectivity index (χ2v) is 8.57. The van der Waals surface area contributed by atoms with Crippen molar-refractivity contribution < 1.29 is 19.1 Å². The zero-order chi connectivity index (χ0) is 23.4. The minimum Gasteiger partial charge on any atom is -0.495 e. The van der Waals surface area contributed by atoms with Crippen molar-refractivity contribution in [3.63, 3.8) is 0 Å². The van der Waals surface area contributed by atoms with Crippen LogP contribution in [0.15, 0.2) is 30.6 Å². The van der Waals surface area contributed by atoms with Gasteiger partial charge in [0, 0.05) is 26.2 Å². The lowest BCUT2D eigenvalue weighted by atomic mass is 10.1. The Morgan fingerprint density at radius 2 is 1.85 bits per heavy atom. The lowest BCUT2D eigenvalue weighted by Crippen LogP contribution is -2.47. The molecule has 4 rings (SSSR count). The molecular weight excluding hydrogens is 442 g/mol. The number of hydrogen-bond acceptors (Lipinski definition) is 9. The number of methoxy groups -OCH3 is 1. The van der Waals surface area contributed by atoms with Crippen molar-refractivity contribution in [2.75, 3.05) is 56.2 Å².